The minimum Gasteiger partial charge on any atom is -0.505 e. The lowest BCUT2D eigenvalue weighted by Crippen LogP contribution is -2.23. The Labute approximate surface area is 164 Å². The van der Waals surface area contributed by atoms with E-state index in [4.69, 9.17) is 0 Å². The molecule has 4 aromatic rings. The second-order valence-corrected chi connectivity index (χ2v) is 6.04. The molecule has 0 aromatic carbocycles. The van der Waals surface area contributed by atoms with Crippen LogP contribution in [0.2, 0.25) is 0 Å². The van der Waals surface area contributed by atoms with E-state index in [9.17, 15) is 14.7 Å². The van der Waals surface area contributed by atoms with Crippen molar-refractivity contribution in [3.8, 4) is 5.75 Å². The van der Waals surface area contributed by atoms with E-state index in [0.717, 1.165) is 5.56 Å². The Morgan fingerprint density at radius 3 is 2.83 bits per heavy atom. The molecule has 0 aliphatic heterocycles. The highest BCUT2D eigenvalue weighted by Gasteiger charge is 2.14. The van der Waals surface area contributed by atoms with E-state index in [2.05, 4.69) is 35.6 Å². The summed E-state index contributed by atoms with van der Waals surface area (Å²) in [6, 6.07) is 6.22. The van der Waals surface area contributed by atoms with Gasteiger partial charge in [0.1, 0.15) is 17.1 Å². The number of rotatable bonds is 5. The molecule has 0 unspecified atom stereocenters. The number of hydrogen-bond acceptors (Lipinski definition) is 7. The number of pyridine rings is 3. The van der Waals surface area contributed by atoms with E-state index in [1.54, 1.807) is 18.3 Å². The van der Waals surface area contributed by atoms with Crippen LogP contribution < -0.4 is 10.6 Å². The van der Waals surface area contributed by atoms with Gasteiger partial charge in [-0.2, -0.15) is 0 Å². The highest BCUT2D eigenvalue weighted by molar-refractivity contribution is 6.05. The lowest BCUT2D eigenvalue weighted by Gasteiger charge is -2.08. The summed E-state index contributed by atoms with van der Waals surface area (Å²) in [6.07, 6.45) is 7.46. The van der Waals surface area contributed by atoms with Crippen LogP contribution in [0.25, 0.3) is 11.0 Å². The van der Waals surface area contributed by atoms with Gasteiger partial charge in [0.15, 0.2) is 5.69 Å². The molecule has 0 saturated carbocycles. The van der Waals surface area contributed by atoms with Crippen LogP contribution >= 0.6 is 0 Å². The average molecular weight is 389 g/mol. The topological polar surface area (TPSA) is 146 Å². The van der Waals surface area contributed by atoms with Crippen LogP contribution in [0.3, 0.4) is 0 Å². The summed E-state index contributed by atoms with van der Waals surface area (Å²) in [7, 11) is 0. The molecule has 0 aliphatic rings. The van der Waals surface area contributed by atoms with E-state index >= 15 is 0 Å². The Bertz CT molecular complexity index is 1210. The monoisotopic (exact) mass is 389 g/mol. The number of amides is 2. The Balaban J connectivity index is 1.44. The van der Waals surface area contributed by atoms with Crippen molar-refractivity contribution >= 4 is 28.7 Å². The van der Waals surface area contributed by atoms with E-state index in [1.807, 2.05) is 0 Å². The fourth-order valence-electron chi connectivity index (χ4n) is 2.71. The number of carbonyl (C=O) groups excluding carboxylic acids is 2. The van der Waals surface area contributed by atoms with Gasteiger partial charge >= 0.3 is 0 Å². The Morgan fingerprint density at radius 1 is 1.07 bits per heavy atom. The van der Waals surface area contributed by atoms with Crippen LogP contribution in [0.15, 0.2) is 55.4 Å². The van der Waals surface area contributed by atoms with Crippen LogP contribution in [0.5, 0.6) is 5.75 Å². The number of aromatic nitrogens is 5. The Morgan fingerprint density at radius 2 is 1.97 bits per heavy atom. The zero-order chi connectivity index (χ0) is 20.2. The first-order valence-electron chi connectivity index (χ1n) is 8.57. The number of aromatic amines is 1. The van der Waals surface area contributed by atoms with Crippen molar-refractivity contribution in [1.29, 1.82) is 0 Å². The Kier molecular flexibility index (Phi) is 4.81. The van der Waals surface area contributed by atoms with Gasteiger partial charge < -0.3 is 20.7 Å². The van der Waals surface area contributed by atoms with Crippen molar-refractivity contribution in [1.82, 2.24) is 30.2 Å². The summed E-state index contributed by atoms with van der Waals surface area (Å²) >= 11 is 0. The molecule has 4 aromatic heterocycles. The van der Waals surface area contributed by atoms with E-state index in [-0.39, 0.29) is 29.7 Å². The van der Waals surface area contributed by atoms with Crippen LogP contribution in [-0.4, -0.2) is 41.8 Å². The SMILES string of the molecule is O=C(Nc1cc(CNC(=O)c2cncc3[nH]cnc23)ccn1)c1ncccc1O. The summed E-state index contributed by atoms with van der Waals surface area (Å²) in [5.41, 5.74) is 2.18. The molecule has 0 saturated heterocycles. The van der Waals surface area contributed by atoms with Gasteiger partial charge in [-0.1, -0.05) is 0 Å². The molecule has 0 bridgehead atoms. The summed E-state index contributed by atoms with van der Waals surface area (Å²) < 4.78 is 0. The maximum atomic E-state index is 12.5. The number of hydrogen-bond donors (Lipinski definition) is 4. The van der Waals surface area contributed by atoms with Crippen LogP contribution in [0.4, 0.5) is 5.82 Å². The summed E-state index contributed by atoms with van der Waals surface area (Å²) in [4.78, 5) is 43.7. The van der Waals surface area contributed by atoms with Gasteiger partial charge in [-0.05, 0) is 29.8 Å². The van der Waals surface area contributed by atoms with Gasteiger partial charge in [0.05, 0.1) is 23.6 Å². The number of fused-ring (bicyclic) bond motifs is 1. The molecule has 144 valence electrons. The van der Waals surface area contributed by atoms with Gasteiger partial charge in [-0.15, -0.1) is 0 Å². The minimum atomic E-state index is -0.590. The van der Waals surface area contributed by atoms with Crippen molar-refractivity contribution in [2.75, 3.05) is 5.32 Å². The number of anilines is 1. The van der Waals surface area contributed by atoms with Crippen LogP contribution in [0.1, 0.15) is 26.4 Å². The smallest absolute Gasteiger partial charge is 0.279 e. The summed E-state index contributed by atoms with van der Waals surface area (Å²) in [5, 5.41) is 15.1. The molecular weight excluding hydrogens is 374 g/mol. The third-order valence-corrected chi connectivity index (χ3v) is 4.10. The van der Waals surface area contributed by atoms with Crippen LogP contribution in [0, 0.1) is 0 Å². The first-order chi connectivity index (χ1) is 14.1. The van der Waals surface area contributed by atoms with Gasteiger partial charge in [-0.25, -0.2) is 15.0 Å². The molecule has 0 aliphatic carbocycles. The Hall–Kier alpha value is -4.34. The van der Waals surface area contributed by atoms with E-state index < -0.39 is 5.91 Å². The highest BCUT2D eigenvalue weighted by Crippen LogP contribution is 2.16. The molecule has 10 heteroatoms. The lowest BCUT2D eigenvalue weighted by atomic mass is 10.2. The zero-order valence-electron chi connectivity index (χ0n) is 15.0. The first-order valence-corrected chi connectivity index (χ1v) is 8.57. The molecule has 2 amide bonds. The number of nitrogens with zero attached hydrogens (tertiary/aromatic N) is 4. The molecule has 4 N–H and O–H groups in total. The lowest BCUT2D eigenvalue weighted by molar-refractivity contribution is 0.0950. The van der Waals surface area contributed by atoms with Gasteiger partial charge in [0.2, 0.25) is 0 Å². The third-order valence-electron chi connectivity index (χ3n) is 4.10. The van der Waals surface area contributed by atoms with Gasteiger partial charge in [-0.3, -0.25) is 14.6 Å². The number of nitrogens with one attached hydrogen (secondary N) is 3. The predicted octanol–water partition coefficient (Wildman–Crippen LogP) is 1.64. The highest BCUT2D eigenvalue weighted by atomic mass is 16.3. The largest absolute Gasteiger partial charge is 0.505 e. The third kappa shape index (κ3) is 3.86. The summed E-state index contributed by atoms with van der Waals surface area (Å²) in [6.45, 7) is 0.208. The van der Waals surface area contributed by atoms with Gasteiger partial charge in [0.25, 0.3) is 11.8 Å². The molecule has 10 nitrogen and oxygen atoms in total. The van der Waals surface area contributed by atoms with Crippen LogP contribution in [-0.2, 0) is 6.54 Å². The molecular formula is C19H15N7O3. The standard InChI is InChI=1S/C19H15N7O3/c27-14-2-1-4-22-17(14)19(29)26-15-6-11(3-5-21-15)7-23-18(28)12-8-20-9-13-16(12)25-10-24-13/h1-6,8-10,27H,7H2,(H,23,28)(H,24,25)(H,21,26,29). The fraction of sp³-hybridized carbons (Fsp3) is 0.0526. The fourth-order valence-corrected chi connectivity index (χ4v) is 2.71. The minimum absolute atomic E-state index is 0.104. The maximum Gasteiger partial charge on any atom is 0.279 e. The zero-order valence-corrected chi connectivity index (χ0v) is 15.0. The molecule has 0 fully saturated rings. The molecule has 0 spiro atoms. The summed E-state index contributed by atoms with van der Waals surface area (Å²) in [5.74, 6) is -0.874. The molecule has 4 rings (SSSR count). The molecule has 0 atom stereocenters. The number of carbonyl (C=O) groups is 2. The van der Waals surface area contributed by atoms with Crippen molar-refractivity contribution in [3.05, 3.63) is 72.2 Å². The molecule has 0 radical (unpaired) electrons. The quantitative estimate of drug-likeness (QED) is 0.406. The second-order valence-electron chi connectivity index (χ2n) is 6.04. The van der Waals surface area contributed by atoms with Gasteiger partial charge in [0, 0.05) is 25.1 Å². The van der Waals surface area contributed by atoms with Crippen molar-refractivity contribution < 1.29 is 14.7 Å². The van der Waals surface area contributed by atoms with E-state index in [0.29, 0.717) is 16.6 Å². The maximum absolute atomic E-state index is 12.5. The van der Waals surface area contributed by atoms with Crippen molar-refractivity contribution in [2.24, 2.45) is 0 Å². The number of imidazole rings is 1. The molecule has 29 heavy (non-hydrogen) atoms. The number of H-pyrrole nitrogens is 1. The van der Waals surface area contributed by atoms with E-state index in [1.165, 1.54) is 37.1 Å². The molecule has 4 heterocycles. The second kappa shape index (κ2) is 7.72. The predicted molar refractivity (Wildman–Crippen MR) is 103 cm³/mol. The number of aromatic hydroxyl groups is 1. The average Bonchev–Trinajstić information content (AvgIpc) is 3.21. The normalized spacial score (nSPS) is 10.6. The van der Waals surface area contributed by atoms with Crippen molar-refractivity contribution in [2.45, 2.75) is 6.54 Å². The van der Waals surface area contributed by atoms with Crippen molar-refractivity contribution in [3.63, 3.8) is 0 Å². The first kappa shape index (κ1) is 18.0.